The quantitative estimate of drug-likeness (QED) is 0.890. The molecule has 0 aromatic heterocycles. The summed E-state index contributed by atoms with van der Waals surface area (Å²) in [7, 11) is 0. The molecule has 0 radical (unpaired) electrons. The smallest absolute Gasteiger partial charge is 0.337 e. The molecule has 0 fully saturated rings. The zero-order valence-electron chi connectivity index (χ0n) is 11.7. The van der Waals surface area contributed by atoms with E-state index in [2.05, 4.69) is 5.32 Å². The molecule has 2 aromatic rings. The number of anilines is 1. The summed E-state index contributed by atoms with van der Waals surface area (Å²) >= 11 is 0. The summed E-state index contributed by atoms with van der Waals surface area (Å²) in [6.45, 7) is 3.44. The van der Waals surface area contributed by atoms with Gasteiger partial charge in [-0.05, 0) is 49.2 Å². The van der Waals surface area contributed by atoms with Gasteiger partial charge in [0.15, 0.2) is 0 Å². The second kappa shape index (κ2) is 5.91. The number of aromatic carboxylic acids is 1. The van der Waals surface area contributed by atoms with E-state index in [9.17, 15) is 13.6 Å². The molecule has 1 unspecified atom stereocenters. The Morgan fingerprint density at radius 1 is 1.19 bits per heavy atom. The average Bonchev–Trinajstić information content (AvgIpc) is 2.43. The normalized spacial score (nSPS) is 12.0. The van der Waals surface area contributed by atoms with Crippen LogP contribution in [0.1, 0.15) is 34.5 Å². The van der Waals surface area contributed by atoms with Crippen LogP contribution in [0.5, 0.6) is 0 Å². The van der Waals surface area contributed by atoms with E-state index in [0.29, 0.717) is 11.1 Å². The van der Waals surface area contributed by atoms with Gasteiger partial charge in [0.05, 0.1) is 5.56 Å². The van der Waals surface area contributed by atoms with Crippen molar-refractivity contribution >= 4 is 11.7 Å². The van der Waals surface area contributed by atoms with E-state index in [0.717, 1.165) is 6.07 Å². The number of aryl methyl sites for hydroxylation is 1. The van der Waals surface area contributed by atoms with Crippen LogP contribution in [0.15, 0.2) is 36.4 Å². The van der Waals surface area contributed by atoms with E-state index in [-0.39, 0.29) is 23.1 Å². The van der Waals surface area contributed by atoms with Gasteiger partial charge in [0.25, 0.3) is 0 Å². The molecule has 1 atom stereocenters. The fourth-order valence-corrected chi connectivity index (χ4v) is 2.01. The summed E-state index contributed by atoms with van der Waals surface area (Å²) in [5.74, 6) is -2.16. The number of hydrogen-bond acceptors (Lipinski definition) is 2. The third-order valence-corrected chi connectivity index (χ3v) is 3.28. The molecule has 0 saturated heterocycles. The van der Waals surface area contributed by atoms with Crippen LogP contribution in [0, 0.1) is 18.6 Å². The predicted molar refractivity (Wildman–Crippen MR) is 76.5 cm³/mol. The van der Waals surface area contributed by atoms with Gasteiger partial charge in [-0.2, -0.15) is 0 Å². The number of carboxylic acid groups (broad SMARTS) is 1. The molecule has 5 heteroatoms. The maximum Gasteiger partial charge on any atom is 0.337 e. The molecule has 21 heavy (non-hydrogen) atoms. The van der Waals surface area contributed by atoms with Crippen molar-refractivity contribution in [3.63, 3.8) is 0 Å². The number of carboxylic acids is 1. The molecule has 0 aliphatic heterocycles. The first-order chi connectivity index (χ1) is 9.88. The minimum atomic E-state index is -1.22. The Kier molecular flexibility index (Phi) is 4.21. The molecule has 2 rings (SSSR count). The Labute approximate surface area is 121 Å². The average molecular weight is 291 g/mol. The second-order valence-corrected chi connectivity index (χ2v) is 4.87. The Balaban J connectivity index is 2.29. The molecule has 0 saturated carbocycles. The number of carbonyl (C=O) groups is 1. The predicted octanol–water partition coefficient (Wildman–Crippen LogP) is 4.14. The minimum absolute atomic E-state index is 0.158. The van der Waals surface area contributed by atoms with E-state index in [4.69, 9.17) is 5.11 Å². The van der Waals surface area contributed by atoms with E-state index in [1.807, 2.05) is 0 Å². The monoisotopic (exact) mass is 291 g/mol. The number of rotatable bonds is 4. The molecule has 3 nitrogen and oxygen atoms in total. The lowest BCUT2D eigenvalue weighted by atomic mass is 10.0. The van der Waals surface area contributed by atoms with Gasteiger partial charge < -0.3 is 10.4 Å². The highest BCUT2D eigenvalue weighted by Gasteiger charge is 2.14. The molecule has 0 spiro atoms. The Bertz CT molecular complexity index is 686. The van der Waals surface area contributed by atoms with Crippen LogP contribution in [-0.2, 0) is 0 Å². The molecule has 0 amide bonds. The molecule has 0 aliphatic rings. The van der Waals surface area contributed by atoms with Crippen molar-refractivity contribution in [2.24, 2.45) is 0 Å². The van der Waals surface area contributed by atoms with Gasteiger partial charge in [-0.3, -0.25) is 0 Å². The highest BCUT2D eigenvalue weighted by Crippen LogP contribution is 2.24. The van der Waals surface area contributed by atoms with Crippen molar-refractivity contribution in [3.8, 4) is 0 Å². The van der Waals surface area contributed by atoms with Crippen LogP contribution in [0.4, 0.5) is 14.5 Å². The Morgan fingerprint density at radius 3 is 2.52 bits per heavy atom. The second-order valence-electron chi connectivity index (χ2n) is 4.87. The van der Waals surface area contributed by atoms with Gasteiger partial charge in [-0.15, -0.1) is 0 Å². The standard InChI is InChI=1S/C16H15F2NO2/c1-9-3-4-11(7-14(9)18)10(2)19-15-6-5-12(17)8-13(15)16(20)21/h3-8,10,19H,1-2H3,(H,20,21). The van der Waals surface area contributed by atoms with Crippen LogP contribution in [0.3, 0.4) is 0 Å². The first-order valence-corrected chi connectivity index (χ1v) is 6.44. The van der Waals surface area contributed by atoms with Gasteiger partial charge in [0.1, 0.15) is 11.6 Å². The number of nitrogens with one attached hydrogen (secondary N) is 1. The first-order valence-electron chi connectivity index (χ1n) is 6.44. The molecule has 110 valence electrons. The summed E-state index contributed by atoms with van der Waals surface area (Å²) in [4.78, 5) is 11.1. The van der Waals surface area contributed by atoms with E-state index in [1.54, 1.807) is 26.0 Å². The van der Waals surface area contributed by atoms with Gasteiger partial charge in [-0.25, -0.2) is 13.6 Å². The summed E-state index contributed by atoms with van der Waals surface area (Å²) in [6, 6.07) is 8.00. The summed E-state index contributed by atoms with van der Waals surface area (Å²) in [6.07, 6.45) is 0. The number of benzene rings is 2. The largest absolute Gasteiger partial charge is 0.478 e. The number of hydrogen-bond donors (Lipinski definition) is 2. The van der Waals surface area contributed by atoms with Crippen LogP contribution in [-0.4, -0.2) is 11.1 Å². The van der Waals surface area contributed by atoms with Crippen LogP contribution in [0.25, 0.3) is 0 Å². The third kappa shape index (κ3) is 3.37. The molecule has 2 N–H and O–H groups in total. The minimum Gasteiger partial charge on any atom is -0.478 e. The topological polar surface area (TPSA) is 49.3 Å². The molecule has 0 bridgehead atoms. The zero-order chi connectivity index (χ0) is 15.6. The molecule has 0 aliphatic carbocycles. The number of halogens is 2. The van der Waals surface area contributed by atoms with Crippen LogP contribution in [0.2, 0.25) is 0 Å². The Hall–Kier alpha value is -2.43. The molecule has 0 heterocycles. The van der Waals surface area contributed by atoms with Gasteiger partial charge in [-0.1, -0.05) is 12.1 Å². The molecular weight excluding hydrogens is 276 g/mol. The SMILES string of the molecule is Cc1ccc(C(C)Nc2ccc(F)cc2C(=O)O)cc1F. The maximum absolute atomic E-state index is 13.6. The van der Waals surface area contributed by atoms with Crippen molar-refractivity contribution in [1.82, 2.24) is 0 Å². The van der Waals surface area contributed by atoms with Crippen molar-refractivity contribution in [1.29, 1.82) is 0 Å². The van der Waals surface area contributed by atoms with Gasteiger partial charge in [0.2, 0.25) is 0 Å². The fourth-order valence-electron chi connectivity index (χ4n) is 2.01. The van der Waals surface area contributed by atoms with Gasteiger partial charge in [0, 0.05) is 11.7 Å². The lowest BCUT2D eigenvalue weighted by Gasteiger charge is -2.18. The van der Waals surface area contributed by atoms with Crippen molar-refractivity contribution < 1.29 is 18.7 Å². The highest BCUT2D eigenvalue weighted by atomic mass is 19.1. The van der Waals surface area contributed by atoms with Crippen LogP contribution < -0.4 is 5.32 Å². The van der Waals surface area contributed by atoms with E-state index in [1.165, 1.54) is 18.2 Å². The summed E-state index contributed by atoms with van der Waals surface area (Å²) < 4.78 is 26.7. The van der Waals surface area contributed by atoms with Crippen LogP contribution >= 0.6 is 0 Å². The first kappa shape index (κ1) is 15.0. The summed E-state index contributed by atoms with van der Waals surface area (Å²) in [5.41, 5.74) is 1.35. The van der Waals surface area contributed by atoms with E-state index >= 15 is 0 Å². The fraction of sp³-hybridized carbons (Fsp3) is 0.188. The van der Waals surface area contributed by atoms with Crippen molar-refractivity contribution in [2.75, 3.05) is 5.32 Å². The van der Waals surface area contributed by atoms with Crippen molar-refractivity contribution in [2.45, 2.75) is 19.9 Å². The van der Waals surface area contributed by atoms with Gasteiger partial charge >= 0.3 is 5.97 Å². The lowest BCUT2D eigenvalue weighted by Crippen LogP contribution is -2.11. The zero-order valence-corrected chi connectivity index (χ0v) is 11.7. The molecular formula is C16H15F2NO2. The molecule has 2 aromatic carbocycles. The van der Waals surface area contributed by atoms with E-state index < -0.39 is 11.8 Å². The lowest BCUT2D eigenvalue weighted by molar-refractivity contribution is 0.0697. The maximum atomic E-state index is 13.6. The third-order valence-electron chi connectivity index (χ3n) is 3.28. The summed E-state index contributed by atoms with van der Waals surface area (Å²) in [5, 5.41) is 12.1. The van der Waals surface area contributed by atoms with Crippen molar-refractivity contribution in [3.05, 3.63) is 64.7 Å². The Morgan fingerprint density at radius 2 is 1.90 bits per heavy atom. The highest BCUT2D eigenvalue weighted by molar-refractivity contribution is 5.94.